The zero-order valence-electron chi connectivity index (χ0n) is 20.1. The van der Waals surface area contributed by atoms with Crippen LogP contribution in [0.25, 0.3) is 0 Å². The fourth-order valence-electron chi connectivity index (χ4n) is 4.19. The summed E-state index contributed by atoms with van der Waals surface area (Å²) in [4.78, 5) is 27.6. The van der Waals surface area contributed by atoms with Gasteiger partial charge in [-0.15, -0.1) is 0 Å². The molecule has 2 aromatic carbocycles. The molecule has 0 aromatic heterocycles. The first-order valence-electron chi connectivity index (χ1n) is 12.1. The minimum Gasteiger partial charge on any atom is -0.497 e. The van der Waals surface area contributed by atoms with E-state index in [0.29, 0.717) is 24.3 Å². The molecule has 184 valence electrons. The van der Waals surface area contributed by atoms with E-state index in [0.717, 1.165) is 31.4 Å². The molecule has 0 bridgehead atoms. The van der Waals surface area contributed by atoms with Crippen molar-refractivity contribution in [3.8, 4) is 11.5 Å². The maximum absolute atomic E-state index is 14.3. The Labute approximate surface area is 201 Å². The molecule has 0 aliphatic heterocycles. The van der Waals surface area contributed by atoms with Crippen LogP contribution in [0.3, 0.4) is 0 Å². The van der Waals surface area contributed by atoms with Gasteiger partial charge in [-0.1, -0.05) is 37.5 Å². The Morgan fingerprint density at radius 3 is 2.41 bits per heavy atom. The van der Waals surface area contributed by atoms with Crippen LogP contribution in [0.2, 0.25) is 0 Å². The van der Waals surface area contributed by atoms with E-state index in [1.807, 2.05) is 24.3 Å². The second-order valence-electron chi connectivity index (χ2n) is 8.76. The van der Waals surface area contributed by atoms with Gasteiger partial charge < -0.3 is 19.7 Å². The van der Waals surface area contributed by atoms with Gasteiger partial charge in [-0.05, 0) is 56.5 Å². The number of nitrogens with one attached hydrogen (secondary N) is 1. The van der Waals surface area contributed by atoms with Crippen LogP contribution in [0.15, 0.2) is 48.5 Å². The summed E-state index contributed by atoms with van der Waals surface area (Å²) in [5.41, 5.74) is 0.391. The third-order valence-electron chi connectivity index (χ3n) is 6.28. The van der Waals surface area contributed by atoms with Gasteiger partial charge in [-0.2, -0.15) is 0 Å². The molecule has 0 radical (unpaired) electrons. The number of carbonyl (C=O) groups excluding carboxylic acids is 2. The van der Waals surface area contributed by atoms with E-state index >= 15 is 0 Å². The summed E-state index contributed by atoms with van der Waals surface area (Å²) in [5, 5.41) is 3.09. The molecule has 2 amide bonds. The van der Waals surface area contributed by atoms with E-state index in [2.05, 4.69) is 5.32 Å². The van der Waals surface area contributed by atoms with Crippen molar-refractivity contribution in [3.05, 3.63) is 59.9 Å². The minimum atomic E-state index is -0.698. The maximum Gasteiger partial charge on any atom is 0.242 e. The van der Waals surface area contributed by atoms with Gasteiger partial charge in [0, 0.05) is 24.6 Å². The molecule has 0 unspecified atom stereocenters. The Morgan fingerprint density at radius 2 is 1.74 bits per heavy atom. The lowest BCUT2D eigenvalue weighted by molar-refractivity contribution is -0.141. The molecule has 1 aliphatic carbocycles. The Balaban J connectivity index is 1.59. The normalized spacial score (nSPS) is 14.8. The summed E-state index contributed by atoms with van der Waals surface area (Å²) in [6, 6.07) is 13.0. The van der Waals surface area contributed by atoms with E-state index in [-0.39, 0.29) is 36.6 Å². The van der Waals surface area contributed by atoms with E-state index in [4.69, 9.17) is 9.47 Å². The van der Waals surface area contributed by atoms with Crippen molar-refractivity contribution < 1.29 is 23.5 Å². The van der Waals surface area contributed by atoms with Crippen LogP contribution >= 0.6 is 0 Å². The maximum atomic E-state index is 14.3. The van der Waals surface area contributed by atoms with Crippen LogP contribution < -0.4 is 14.8 Å². The highest BCUT2D eigenvalue weighted by molar-refractivity contribution is 5.87. The molecule has 7 heteroatoms. The number of nitrogens with zero attached hydrogens (tertiary/aromatic N) is 1. The highest BCUT2D eigenvalue weighted by Gasteiger charge is 2.28. The first-order valence-corrected chi connectivity index (χ1v) is 12.1. The molecule has 6 nitrogen and oxygen atoms in total. The molecule has 3 rings (SSSR count). The van der Waals surface area contributed by atoms with Crippen molar-refractivity contribution in [2.45, 2.75) is 70.5 Å². The minimum absolute atomic E-state index is 0.0457. The summed E-state index contributed by atoms with van der Waals surface area (Å²) in [6.07, 6.45) is 6.00. The van der Waals surface area contributed by atoms with Gasteiger partial charge in [-0.3, -0.25) is 9.59 Å². The zero-order chi connectivity index (χ0) is 24.3. The Morgan fingerprint density at radius 1 is 1.06 bits per heavy atom. The quantitative estimate of drug-likeness (QED) is 0.476. The van der Waals surface area contributed by atoms with Gasteiger partial charge in [0.25, 0.3) is 0 Å². The number of benzene rings is 2. The Kier molecular flexibility index (Phi) is 9.74. The molecule has 1 fully saturated rings. The molecule has 34 heavy (non-hydrogen) atoms. The van der Waals surface area contributed by atoms with Crippen LogP contribution in [0.5, 0.6) is 11.5 Å². The summed E-state index contributed by atoms with van der Waals surface area (Å²) in [5.74, 6) is 0.658. The highest BCUT2D eigenvalue weighted by Crippen LogP contribution is 2.20. The topological polar surface area (TPSA) is 67.9 Å². The smallest absolute Gasteiger partial charge is 0.242 e. The predicted molar refractivity (Wildman–Crippen MR) is 129 cm³/mol. The van der Waals surface area contributed by atoms with Gasteiger partial charge in [0.2, 0.25) is 11.8 Å². The molecule has 0 spiro atoms. The number of amides is 2. The first kappa shape index (κ1) is 25.5. The fraction of sp³-hybridized carbons (Fsp3) is 0.481. The predicted octanol–water partition coefficient (Wildman–Crippen LogP) is 4.86. The van der Waals surface area contributed by atoms with Gasteiger partial charge in [-0.25, -0.2) is 4.39 Å². The van der Waals surface area contributed by atoms with Gasteiger partial charge >= 0.3 is 0 Å². The third-order valence-corrected chi connectivity index (χ3v) is 6.28. The number of carbonyl (C=O) groups is 2. The monoisotopic (exact) mass is 470 g/mol. The lowest BCUT2D eigenvalue weighted by Gasteiger charge is -2.31. The second kappa shape index (κ2) is 13.0. The molecular weight excluding hydrogens is 435 g/mol. The zero-order valence-corrected chi connectivity index (χ0v) is 20.1. The van der Waals surface area contributed by atoms with Crippen LogP contribution in [0, 0.1) is 5.82 Å². The van der Waals surface area contributed by atoms with Crippen molar-refractivity contribution in [3.63, 3.8) is 0 Å². The van der Waals surface area contributed by atoms with Crippen LogP contribution in [-0.4, -0.2) is 42.5 Å². The standard InChI is InChI=1S/C27H35FN2O4/c1-20(27(32)29-22-10-4-3-5-11-22)30(19-21-9-6-7-12-25(21)28)26(31)13-8-18-34-24-16-14-23(33-2)15-17-24/h6-7,9,12,14-17,20,22H,3-5,8,10-11,13,18-19H2,1-2H3,(H,29,32)/t20-/m0/s1. The highest BCUT2D eigenvalue weighted by atomic mass is 19.1. The Hall–Kier alpha value is -3.09. The number of ether oxygens (including phenoxy) is 2. The van der Waals surface area contributed by atoms with Crippen molar-refractivity contribution in [1.82, 2.24) is 10.2 Å². The number of hydrogen-bond acceptors (Lipinski definition) is 4. The van der Waals surface area contributed by atoms with E-state index in [1.54, 1.807) is 32.2 Å². The summed E-state index contributed by atoms with van der Waals surface area (Å²) < 4.78 is 25.2. The number of hydrogen-bond donors (Lipinski definition) is 1. The molecular formula is C27H35FN2O4. The van der Waals surface area contributed by atoms with Crippen LogP contribution in [0.1, 0.15) is 57.4 Å². The van der Waals surface area contributed by atoms with Crippen LogP contribution in [0.4, 0.5) is 4.39 Å². The average molecular weight is 471 g/mol. The summed E-state index contributed by atoms with van der Waals surface area (Å²) in [7, 11) is 1.60. The Bertz CT molecular complexity index is 928. The van der Waals surface area contributed by atoms with Gasteiger partial charge in [0.15, 0.2) is 0 Å². The van der Waals surface area contributed by atoms with E-state index in [1.165, 1.54) is 17.4 Å². The van der Waals surface area contributed by atoms with Crippen molar-refractivity contribution >= 4 is 11.8 Å². The summed E-state index contributed by atoms with van der Waals surface area (Å²) >= 11 is 0. The third kappa shape index (κ3) is 7.47. The number of halogens is 1. The fourth-order valence-corrected chi connectivity index (χ4v) is 4.19. The summed E-state index contributed by atoms with van der Waals surface area (Å²) in [6.45, 7) is 2.11. The molecule has 1 N–H and O–H groups in total. The molecule has 1 aliphatic rings. The average Bonchev–Trinajstić information content (AvgIpc) is 2.86. The lowest BCUT2D eigenvalue weighted by atomic mass is 9.95. The molecule has 0 saturated heterocycles. The van der Waals surface area contributed by atoms with Gasteiger partial charge in [0.1, 0.15) is 23.4 Å². The van der Waals surface area contributed by atoms with Gasteiger partial charge in [0.05, 0.1) is 13.7 Å². The molecule has 1 saturated carbocycles. The SMILES string of the molecule is COc1ccc(OCCCC(=O)N(Cc2ccccc2F)[C@@H](C)C(=O)NC2CCCCC2)cc1. The van der Waals surface area contributed by atoms with Crippen molar-refractivity contribution in [2.75, 3.05) is 13.7 Å². The molecule has 1 atom stereocenters. The first-order chi connectivity index (χ1) is 16.5. The lowest BCUT2D eigenvalue weighted by Crippen LogP contribution is -2.50. The molecule has 2 aromatic rings. The van der Waals surface area contributed by atoms with Crippen LogP contribution in [-0.2, 0) is 16.1 Å². The van der Waals surface area contributed by atoms with Crippen molar-refractivity contribution in [2.24, 2.45) is 0 Å². The molecule has 0 heterocycles. The number of rotatable bonds is 11. The van der Waals surface area contributed by atoms with E-state index in [9.17, 15) is 14.0 Å². The second-order valence-corrected chi connectivity index (χ2v) is 8.76. The number of methoxy groups -OCH3 is 1. The van der Waals surface area contributed by atoms with Crippen molar-refractivity contribution in [1.29, 1.82) is 0 Å². The van der Waals surface area contributed by atoms with E-state index < -0.39 is 6.04 Å². The largest absolute Gasteiger partial charge is 0.497 e.